The van der Waals surface area contributed by atoms with Crippen LogP contribution in [0.3, 0.4) is 0 Å². The van der Waals surface area contributed by atoms with Gasteiger partial charge in [0.25, 0.3) is 5.56 Å². The maximum Gasteiger partial charge on any atom is 0.251 e. The molecule has 0 aromatic carbocycles. The van der Waals surface area contributed by atoms with Gasteiger partial charge in [0.15, 0.2) is 5.16 Å². The first-order valence-corrected chi connectivity index (χ1v) is 13.3. The number of nitrogens with zero attached hydrogens (tertiary/aromatic N) is 1. The second-order valence-electron chi connectivity index (χ2n) is 8.06. The minimum Gasteiger partial charge on any atom is -0.394 e. The number of aryl methyl sites for hydroxylation is 1. The van der Waals surface area contributed by atoms with Crippen molar-refractivity contribution in [2.24, 2.45) is 0 Å². The Morgan fingerprint density at radius 3 is 2.29 bits per heavy atom. The molecule has 0 amide bonds. The zero-order chi connectivity index (χ0) is 22.4. The van der Waals surface area contributed by atoms with E-state index in [9.17, 15) is 4.79 Å². The summed E-state index contributed by atoms with van der Waals surface area (Å²) in [6, 6.07) is 1.61. The summed E-state index contributed by atoms with van der Waals surface area (Å²) in [4.78, 5) is 19.2. The van der Waals surface area contributed by atoms with Crippen molar-refractivity contribution < 1.29 is 9.84 Å². The fourth-order valence-electron chi connectivity index (χ4n) is 3.42. The number of H-pyrrole nitrogens is 1. The lowest BCUT2D eigenvalue weighted by Crippen LogP contribution is -2.11. The Labute approximate surface area is 193 Å². The minimum atomic E-state index is -0.0866. The highest BCUT2D eigenvalue weighted by Crippen LogP contribution is 2.13. The van der Waals surface area contributed by atoms with Crippen LogP contribution in [-0.2, 0) is 11.2 Å². The molecule has 0 aliphatic carbocycles. The molecule has 0 atom stereocenters. The van der Waals surface area contributed by atoms with E-state index in [0.29, 0.717) is 24.1 Å². The number of hydrogen-bond acceptors (Lipinski definition) is 5. The first kappa shape index (κ1) is 27.9. The topological polar surface area (TPSA) is 75.2 Å². The molecule has 6 heteroatoms. The Morgan fingerprint density at radius 2 is 1.61 bits per heavy atom. The summed E-state index contributed by atoms with van der Waals surface area (Å²) in [5.74, 6) is 0.708. The van der Waals surface area contributed by atoms with Crippen LogP contribution in [-0.4, -0.2) is 40.6 Å². The third-order valence-electron chi connectivity index (χ3n) is 5.17. The van der Waals surface area contributed by atoms with E-state index in [4.69, 9.17) is 9.84 Å². The van der Waals surface area contributed by atoms with Gasteiger partial charge in [0.1, 0.15) is 0 Å². The molecule has 1 aromatic heterocycles. The predicted octanol–water partition coefficient (Wildman–Crippen LogP) is 6.06. The normalized spacial score (nSPS) is 11.5. The maximum absolute atomic E-state index is 11.8. The van der Waals surface area contributed by atoms with Gasteiger partial charge in [-0.05, 0) is 38.5 Å². The quantitative estimate of drug-likeness (QED) is 0.103. The largest absolute Gasteiger partial charge is 0.394 e. The van der Waals surface area contributed by atoms with Gasteiger partial charge in [-0.15, -0.1) is 0 Å². The van der Waals surface area contributed by atoms with Crippen molar-refractivity contribution in [1.29, 1.82) is 0 Å². The number of aliphatic hydroxyl groups excluding tert-OH is 1. The molecule has 0 bridgehead atoms. The van der Waals surface area contributed by atoms with E-state index < -0.39 is 0 Å². The second-order valence-corrected chi connectivity index (χ2v) is 9.14. The van der Waals surface area contributed by atoms with Crippen molar-refractivity contribution >= 4 is 11.8 Å². The highest BCUT2D eigenvalue weighted by Gasteiger charge is 2.03. The summed E-state index contributed by atoms with van der Waals surface area (Å²) in [6.07, 6.45) is 22.3. The Bertz CT molecular complexity index is 619. The number of unbranched alkanes of at least 4 members (excludes halogenated alkanes) is 11. The zero-order valence-electron chi connectivity index (χ0n) is 19.6. The Balaban J connectivity index is 2.02. The molecule has 5 nitrogen and oxygen atoms in total. The molecule has 1 rings (SSSR count). The number of allylic oxidation sites excluding steroid dienone is 2. The number of thioether (sulfide) groups is 1. The lowest BCUT2D eigenvalue weighted by molar-refractivity contribution is 0.103. The number of ether oxygens (including phenoxy) is 1. The summed E-state index contributed by atoms with van der Waals surface area (Å²) in [5, 5.41) is 9.35. The average molecular weight is 453 g/mol. The molecule has 0 spiro atoms. The molecule has 1 aromatic rings. The van der Waals surface area contributed by atoms with E-state index in [1.54, 1.807) is 6.07 Å². The molecule has 0 aliphatic rings. The van der Waals surface area contributed by atoms with Crippen LogP contribution in [0.1, 0.15) is 96.1 Å². The van der Waals surface area contributed by atoms with E-state index in [-0.39, 0.29) is 12.2 Å². The molecule has 0 unspecified atom stereocenters. The van der Waals surface area contributed by atoms with Crippen LogP contribution in [0.4, 0.5) is 0 Å². The highest BCUT2D eigenvalue weighted by molar-refractivity contribution is 7.99. The molecular weight excluding hydrogens is 408 g/mol. The summed E-state index contributed by atoms with van der Waals surface area (Å²) in [7, 11) is 0. The van der Waals surface area contributed by atoms with Gasteiger partial charge in [-0.1, -0.05) is 82.2 Å². The molecule has 31 heavy (non-hydrogen) atoms. The van der Waals surface area contributed by atoms with Gasteiger partial charge in [-0.2, -0.15) is 0 Å². The Morgan fingerprint density at radius 1 is 0.968 bits per heavy atom. The number of rotatable bonds is 21. The number of aromatic amines is 1. The van der Waals surface area contributed by atoms with E-state index >= 15 is 0 Å². The predicted molar refractivity (Wildman–Crippen MR) is 132 cm³/mol. The fourth-order valence-corrected chi connectivity index (χ4v) is 4.17. The molecule has 2 N–H and O–H groups in total. The van der Waals surface area contributed by atoms with E-state index in [1.807, 2.05) is 0 Å². The minimum absolute atomic E-state index is 0.0329. The number of hydrogen-bond donors (Lipinski definition) is 2. The highest BCUT2D eigenvalue weighted by atomic mass is 32.2. The lowest BCUT2D eigenvalue weighted by Gasteiger charge is -2.05. The summed E-state index contributed by atoms with van der Waals surface area (Å²) in [6.45, 7) is 3.18. The molecule has 0 saturated carbocycles. The van der Waals surface area contributed by atoms with Crippen LogP contribution >= 0.6 is 11.8 Å². The summed E-state index contributed by atoms with van der Waals surface area (Å²) in [5.41, 5.74) is 0.789. The Hall–Kier alpha value is -1.11. The van der Waals surface area contributed by atoms with Gasteiger partial charge in [-0.25, -0.2) is 4.98 Å². The van der Waals surface area contributed by atoms with Crippen molar-refractivity contribution in [2.75, 3.05) is 25.6 Å². The number of nitrogens with one attached hydrogen (secondary N) is 1. The van der Waals surface area contributed by atoms with Gasteiger partial charge in [0.2, 0.25) is 0 Å². The Kier molecular flexibility index (Phi) is 18.7. The zero-order valence-corrected chi connectivity index (χ0v) is 20.4. The standard InChI is InChI=1S/C25H44N2O3S/c1-2-3-4-5-6-7-8-9-10-11-12-13-14-15-16-17-23-22-24(29)27-25(26-23)31-21-20-30-19-18-28/h9-10,22,28H,2-8,11-21H2,1H3,(H,26,27,29)/b10-9+. The summed E-state index contributed by atoms with van der Waals surface area (Å²) >= 11 is 1.48. The van der Waals surface area contributed by atoms with Crippen LogP contribution in [0, 0.1) is 0 Å². The van der Waals surface area contributed by atoms with Crippen molar-refractivity contribution in [3.63, 3.8) is 0 Å². The van der Waals surface area contributed by atoms with E-state index in [1.165, 1.54) is 88.8 Å². The third-order valence-corrected chi connectivity index (χ3v) is 6.01. The molecular formula is C25H44N2O3S. The third kappa shape index (κ3) is 17.2. The average Bonchev–Trinajstić information content (AvgIpc) is 2.76. The monoisotopic (exact) mass is 452 g/mol. The molecule has 0 aliphatic heterocycles. The van der Waals surface area contributed by atoms with Crippen LogP contribution in [0.25, 0.3) is 0 Å². The first-order chi connectivity index (χ1) is 15.3. The van der Waals surface area contributed by atoms with Gasteiger partial charge >= 0.3 is 0 Å². The van der Waals surface area contributed by atoms with E-state index in [0.717, 1.165) is 18.5 Å². The van der Waals surface area contributed by atoms with Crippen molar-refractivity contribution in [1.82, 2.24) is 9.97 Å². The second kappa shape index (κ2) is 20.8. The molecule has 1 heterocycles. The molecule has 0 saturated heterocycles. The van der Waals surface area contributed by atoms with Crippen molar-refractivity contribution in [2.45, 2.75) is 102 Å². The van der Waals surface area contributed by atoms with Crippen LogP contribution < -0.4 is 5.56 Å². The van der Waals surface area contributed by atoms with Crippen molar-refractivity contribution in [3.05, 3.63) is 34.3 Å². The van der Waals surface area contributed by atoms with Crippen molar-refractivity contribution in [3.8, 4) is 0 Å². The maximum atomic E-state index is 11.8. The van der Waals surface area contributed by atoms with Gasteiger partial charge in [0.05, 0.1) is 19.8 Å². The van der Waals surface area contributed by atoms with Gasteiger partial charge in [-0.3, -0.25) is 4.79 Å². The summed E-state index contributed by atoms with van der Waals surface area (Å²) < 4.78 is 5.23. The fraction of sp³-hybridized carbons (Fsp3) is 0.760. The number of aromatic nitrogens is 2. The first-order valence-electron chi connectivity index (χ1n) is 12.3. The smallest absolute Gasteiger partial charge is 0.251 e. The molecule has 0 radical (unpaired) electrons. The van der Waals surface area contributed by atoms with Crippen LogP contribution in [0.2, 0.25) is 0 Å². The van der Waals surface area contributed by atoms with Crippen LogP contribution in [0.5, 0.6) is 0 Å². The number of aliphatic hydroxyl groups is 1. The van der Waals surface area contributed by atoms with Crippen LogP contribution in [0.15, 0.2) is 28.2 Å². The van der Waals surface area contributed by atoms with Gasteiger partial charge in [0, 0.05) is 17.5 Å². The molecule has 178 valence electrons. The molecule has 0 fully saturated rings. The lowest BCUT2D eigenvalue weighted by atomic mass is 10.1. The van der Waals surface area contributed by atoms with E-state index in [2.05, 4.69) is 29.0 Å². The SMILES string of the molecule is CCCCCCCC/C=C/CCCCCCCc1cc(=O)[nH]c(SCCOCCO)n1. The van der Waals surface area contributed by atoms with Gasteiger partial charge < -0.3 is 14.8 Å².